The molecule has 2 aromatic carbocycles. The maximum atomic E-state index is 13.4. The molecule has 224 valence electrons. The molecule has 1 N–H and O–H groups in total. The fraction of sp³-hybridized carbons (Fsp3) is 0.379. The molecule has 0 unspecified atom stereocenters. The van der Waals surface area contributed by atoms with Gasteiger partial charge in [-0.2, -0.15) is 4.31 Å². The molecule has 0 radical (unpaired) electrons. The van der Waals surface area contributed by atoms with Gasteiger partial charge in [-0.25, -0.2) is 18.0 Å². The van der Waals surface area contributed by atoms with Crippen LogP contribution in [0.2, 0.25) is 0 Å². The summed E-state index contributed by atoms with van der Waals surface area (Å²) in [7, 11) is -2.37. The molecule has 0 saturated carbocycles. The van der Waals surface area contributed by atoms with Crippen LogP contribution in [0, 0.1) is 17.0 Å². The van der Waals surface area contributed by atoms with Gasteiger partial charge in [-0.3, -0.25) is 15.0 Å². The first-order chi connectivity index (χ1) is 19.9. The van der Waals surface area contributed by atoms with E-state index in [1.807, 2.05) is 11.8 Å². The summed E-state index contributed by atoms with van der Waals surface area (Å²) in [4.78, 5) is 39.4. The number of methoxy groups -OCH3 is 1. The first kappa shape index (κ1) is 30.9. The Balaban J connectivity index is 1.44. The average molecular weight is 599 g/mol. The zero-order chi connectivity index (χ0) is 30.6. The van der Waals surface area contributed by atoms with Crippen molar-refractivity contribution in [2.75, 3.05) is 46.4 Å². The number of esters is 2. The van der Waals surface area contributed by atoms with E-state index >= 15 is 0 Å². The van der Waals surface area contributed by atoms with Crippen LogP contribution in [0.25, 0.3) is 0 Å². The van der Waals surface area contributed by atoms with Gasteiger partial charge in [0.05, 0.1) is 34.0 Å². The van der Waals surface area contributed by atoms with Crippen molar-refractivity contribution in [1.82, 2.24) is 14.5 Å². The van der Waals surface area contributed by atoms with Gasteiger partial charge in [-0.05, 0) is 38.5 Å². The third kappa shape index (κ3) is 6.53. The smallest absolute Gasteiger partial charge is 0.336 e. The molecule has 2 aromatic rings. The first-order valence-electron chi connectivity index (χ1n) is 13.4. The van der Waals surface area contributed by atoms with Crippen molar-refractivity contribution in [2.24, 2.45) is 0 Å². The minimum atomic E-state index is -3.59. The Morgan fingerprint density at radius 2 is 1.60 bits per heavy atom. The summed E-state index contributed by atoms with van der Waals surface area (Å²) in [5, 5.41) is 14.5. The predicted octanol–water partition coefficient (Wildman–Crippen LogP) is 2.86. The molecule has 0 aromatic heterocycles. The summed E-state index contributed by atoms with van der Waals surface area (Å²) in [5.74, 6) is -2.29. The molecule has 0 spiro atoms. The Bertz CT molecular complexity index is 1540. The van der Waals surface area contributed by atoms with Crippen LogP contribution in [0.4, 0.5) is 5.69 Å². The van der Waals surface area contributed by atoms with Crippen LogP contribution in [0.5, 0.6) is 0 Å². The summed E-state index contributed by atoms with van der Waals surface area (Å²) in [6.45, 7) is 7.19. The van der Waals surface area contributed by atoms with Crippen molar-refractivity contribution in [1.29, 1.82) is 0 Å². The summed E-state index contributed by atoms with van der Waals surface area (Å²) in [6, 6.07) is 12.5. The number of nitro benzene ring substituents is 1. The molecule has 42 heavy (non-hydrogen) atoms. The van der Waals surface area contributed by atoms with Gasteiger partial charge in [0, 0.05) is 56.3 Å². The molecule has 1 atom stereocenters. The highest BCUT2D eigenvalue weighted by atomic mass is 32.2. The highest BCUT2D eigenvalue weighted by molar-refractivity contribution is 7.89. The van der Waals surface area contributed by atoms with Crippen molar-refractivity contribution < 1.29 is 32.4 Å². The van der Waals surface area contributed by atoms with E-state index in [9.17, 15) is 28.1 Å². The number of non-ortho nitro benzene ring substituents is 1. The number of hydrogen-bond acceptors (Lipinski definition) is 10. The van der Waals surface area contributed by atoms with Crippen molar-refractivity contribution in [2.45, 2.75) is 31.6 Å². The Hall–Kier alpha value is -4.07. The lowest BCUT2D eigenvalue weighted by Gasteiger charge is -2.34. The SMILES string of the molecule is COC(=O)C1=C(C)NC(C)=C(C(=O)OCCN2CCN(S(=O)(=O)c3ccc(C)cc3)CC2)[C@H]1c1cccc([N+](=O)[O-])c1. The Kier molecular flexibility index (Phi) is 9.44. The average Bonchev–Trinajstić information content (AvgIpc) is 2.97. The van der Waals surface area contributed by atoms with E-state index in [2.05, 4.69) is 5.32 Å². The minimum Gasteiger partial charge on any atom is -0.466 e. The quantitative estimate of drug-likeness (QED) is 0.259. The molecular weight excluding hydrogens is 564 g/mol. The zero-order valence-electron chi connectivity index (χ0n) is 24.0. The highest BCUT2D eigenvalue weighted by Gasteiger charge is 2.38. The lowest BCUT2D eigenvalue weighted by molar-refractivity contribution is -0.384. The van der Waals surface area contributed by atoms with E-state index in [4.69, 9.17) is 9.47 Å². The van der Waals surface area contributed by atoms with Gasteiger partial charge >= 0.3 is 11.9 Å². The second kappa shape index (κ2) is 12.8. The number of carbonyl (C=O) groups excluding carboxylic acids is 2. The van der Waals surface area contributed by atoms with Gasteiger partial charge in [0.25, 0.3) is 5.69 Å². The van der Waals surface area contributed by atoms with E-state index in [1.165, 1.54) is 29.6 Å². The minimum absolute atomic E-state index is 0.0260. The molecule has 0 amide bonds. The summed E-state index contributed by atoms with van der Waals surface area (Å²) in [6.07, 6.45) is 0. The van der Waals surface area contributed by atoms with Crippen LogP contribution in [0.1, 0.15) is 30.9 Å². The second-order valence-corrected chi connectivity index (χ2v) is 12.1. The monoisotopic (exact) mass is 598 g/mol. The third-order valence-corrected chi connectivity index (χ3v) is 9.34. The number of dihydropyridines is 1. The van der Waals surface area contributed by atoms with Crippen LogP contribution in [-0.2, 0) is 29.1 Å². The maximum absolute atomic E-state index is 13.4. The van der Waals surface area contributed by atoms with E-state index in [-0.39, 0.29) is 28.3 Å². The van der Waals surface area contributed by atoms with E-state index < -0.39 is 32.8 Å². The number of benzene rings is 2. The molecular formula is C29H34N4O8S. The fourth-order valence-electron chi connectivity index (χ4n) is 5.19. The number of nitrogens with zero attached hydrogens (tertiary/aromatic N) is 3. The maximum Gasteiger partial charge on any atom is 0.336 e. The van der Waals surface area contributed by atoms with E-state index in [0.717, 1.165) is 5.56 Å². The van der Waals surface area contributed by atoms with Crippen molar-refractivity contribution in [3.8, 4) is 0 Å². The number of hydrogen-bond donors (Lipinski definition) is 1. The molecule has 13 heteroatoms. The standard InChI is InChI=1S/C29H34N4O8S/c1-19-8-10-24(11-9-19)42(38,39)32-14-12-31(13-15-32)16-17-41-29(35)26-21(3)30-20(2)25(28(34)40-4)27(26)22-6-5-7-23(18-22)33(36)37/h5-11,18,27,30H,12-17H2,1-4H3/t27-/m0/s1. The molecule has 0 bridgehead atoms. The van der Waals surface area contributed by atoms with Crippen LogP contribution in [0.3, 0.4) is 0 Å². The molecule has 12 nitrogen and oxygen atoms in total. The summed E-state index contributed by atoms with van der Waals surface area (Å²) in [5.41, 5.74) is 2.40. The lowest BCUT2D eigenvalue weighted by Crippen LogP contribution is -2.49. The molecule has 1 saturated heterocycles. The molecule has 2 aliphatic heterocycles. The number of aryl methyl sites for hydroxylation is 1. The Labute approximate surface area is 244 Å². The predicted molar refractivity (Wildman–Crippen MR) is 154 cm³/mol. The van der Waals surface area contributed by atoms with Gasteiger partial charge < -0.3 is 14.8 Å². The Morgan fingerprint density at radius 1 is 0.976 bits per heavy atom. The molecule has 4 rings (SSSR count). The van der Waals surface area contributed by atoms with Crippen LogP contribution >= 0.6 is 0 Å². The van der Waals surface area contributed by atoms with E-state index in [1.54, 1.807) is 44.2 Å². The number of rotatable bonds is 9. The topological polar surface area (TPSA) is 148 Å². The Morgan fingerprint density at radius 3 is 2.19 bits per heavy atom. The lowest BCUT2D eigenvalue weighted by atomic mass is 9.80. The molecule has 2 heterocycles. The molecule has 2 aliphatic rings. The van der Waals surface area contributed by atoms with Gasteiger partial charge in [0.2, 0.25) is 10.0 Å². The van der Waals surface area contributed by atoms with E-state index in [0.29, 0.717) is 49.7 Å². The normalized spacial score (nSPS) is 18.4. The first-order valence-corrected chi connectivity index (χ1v) is 14.9. The highest BCUT2D eigenvalue weighted by Crippen LogP contribution is 2.40. The van der Waals surface area contributed by atoms with Gasteiger partial charge in [-0.15, -0.1) is 0 Å². The number of nitro groups is 1. The van der Waals surface area contributed by atoms with Crippen LogP contribution in [-0.4, -0.2) is 80.9 Å². The number of piperazine rings is 1. The number of sulfonamides is 1. The zero-order valence-corrected chi connectivity index (χ0v) is 24.8. The van der Waals surface area contributed by atoms with Crippen LogP contribution < -0.4 is 5.32 Å². The number of ether oxygens (including phenoxy) is 2. The van der Waals surface area contributed by atoms with Gasteiger partial charge in [-0.1, -0.05) is 29.8 Å². The number of allylic oxidation sites excluding steroid dienone is 2. The molecule has 1 fully saturated rings. The van der Waals surface area contributed by atoms with Gasteiger partial charge in [0.15, 0.2) is 0 Å². The molecule has 0 aliphatic carbocycles. The summed E-state index contributed by atoms with van der Waals surface area (Å²) >= 11 is 0. The largest absolute Gasteiger partial charge is 0.466 e. The van der Waals surface area contributed by atoms with Gasteiger partial charge in [0.1, 0.15) is 6.61 Å². The summed E-state index contributed by atoms with van der Waals surface area (Å²) < 4.78 is 38.1. The third-order valence-electron chi connectivity index (χ3n) is 7.43. The number of carbonyl (C=O) groups is 2. The number of nitrogens with one attached hydrogen (secondary N) is 1. The fourth-order valence-corrected chi connectivity index (χ4v) is 6.62. The van der Waals surface area contributed by atoms with Crippen molar-refractivity contribution in [3.63, 3.8) is 0 Å². The van der Waals surface area contributed by atoms with Crippen molar-refractivity contribution >= 4 is 27.6 Å². The second-order valence-electron chi connectivity index (χ2n) is 10.2. The van der Waals surface area contributed by atoms with Crippen LogP contribution in [0.15, 0.2) is 76.0 Å². The van der Waals surface area contributed by atoms with Crippen molar-refractivity contribution in [3.05, 3.63) is 92.3 Å².